The molecule has 0 aliphatic rings. The number of esters is 1. The Kier molecular flexibility index (Phi) is 2.99. The number of carbonyl (C=O) groups is 1. The molecule has 0 aliphatic carbocycles. The minimum Gasteiger partial charge on any atom is -0.464 e. The lowest BCUT2D eigenvalue weighted by molar-refractivity contribution is 0.0594. The maximum Gasteiger partial charge on any atom is 0.357 e. The van der Waals surface area contributed by atoms with Crippen molar-refractivity contribution >= 4 is 11.6 Å². The number of rotatable bonds is 2. The summed E-state index contributed by atoms with van der Waals surface area (Å²) in [6, 6.07) is 13.5. The van der Waals surface area contributed by atoms with E-state index in [-0.39, 0.29) is 5.97 Å². The Labute approximate surface area is 116 Å². The van der Waals surface area contributed by atoms with Crippen molar-refractivity contribution in [3.05, 3.63) is 59.9 Å². The number of pyridine rings is 1. The number of aryl methyl sites for hydroxylation is 1. The Morgan fingerprint density at radius 3 is 2.60 bits per heavy atom. The zero-order chi connectivity index (χ0) is 14.1. The molecule has 0 bridgehead atoms. The molecule has 0 N–H and O–H groups in total. The Morgan fingerprint density at radius 2 is 1.90 bits per heavy atom. The van der Waals surface area contributed by atoms with Crippen molar-refractivity contribution in [3.8, 4) is 11.3 Å². The van der Waals surface area contributed by atoms with E-state index in [9.17, 15) is 4.79 Å². The van der Waals surface area contributed by atoms with Crippen molar-refractivity contribution < 1.29 is 9.53 Å². The van der Waals surface area contributed by atoms with Gasteiger partial charge in [0.05, 0.1) is 7.11 Å². The molecule has 100 valence electrons. The van der Waals surface area contributed by atoms with Crippen LogP contribution in [0.15, 0.2) is 48.7 Å². The van der Waals surface area contributed by atoms with Crippen molar-refractivity contribution in [2.24, 2.45) is 0 Å². The number of imidazole rings is 1. The van der Waals surface area contributed by atoms with Crippen molar-refractivity contribution in [1.82, 2.24) is 9.38 Å². The van der Waals surface area contributed by atoms with E-state index in [1.807, 2.05) is 55.6 Å². The number of ether oxygens (including phenoxy) is 1. The predicted octanol–water partition coefficient (Wildman–Crippen LogP) is 3.10. The number of aromatic nitrogens is 2. The average Bonchev–Trinajstić information content (AvgIpc) is 2.86. The first kappa shape index (κ1) is 12.4. The van der Waals surface area contributed by atoms with Crippen LogP contribution in [-0.2, 0) is 4.74 Å². The van der Waals surface area contributed by atoms with E-state index >= 15 is 0 Å². The summed E-state index contributed by atoms with van der Waals surface area (Å²) in [6.07, 6.45) is 1.89. The summed E-state index contributed by atoms with van der Waals surface area (Å²) in [5, 5.41) is 0. The Morgan fingerprint density at radius 1 is 1.15 bits per heavy atom. The van der Waals surface area contributed by atoms with Gasteiger partial charge in [0.2, 0.25) is 0 Å². The lowest BCUT2D eigenvalue weighted by Gasteiger charge is -2.03. The van der Waals surface area contributed by atoms with Crippen LogP contribution < -0.4 is 0 Å². The Balaban J connectivity index is 2.34. The van der Waals surface area contributed by atoms with E-state index in [1.165, 1.54) is 7.11 Å². The third kappa shape index (κ3) is 1.95. The van der Waals surface area contributed by atoms with E-state index < -0.39 is 0 Å². The van der Waals surface area contributed by atoms with Crippen molar-refractivity contribution in [1.29, 1.82) is 0 Å². The minimum absolute atomic E-state index is 0.387. The van der Waals surface area contributed by atoms with Gasteiger partial charge in [-0.25, -0.2) is 9.78 Å². The van der Waals surface area contributed by atoms with Gasteiger partial charge in [0.25, 0.3) is 0 Å². The molecule has 0 saturated carbocycles. The molecule has 0 unspecified atom stereocenters. The van der Waals surface area contributed by atoms with Gasteiger partial charge in [-0.2, -0.15) is 0 Å². The molecule has 2 aromatic heterocycles. The summed E-state index contributed by atoms with van der Waals surface area (Å²) in [5.74, 6) is -0.387. The largest absolute Gasteiger partial charge is 0.464 e. The SMILES string of the molecule is COC(=O)c1c(-c2ccccc2)nc2ccc(C)cn12. The number of methoxy groups -OCH3 is 1. The quantitative estimate of drug-likeness (QED) is 0.669. The Bertz CT molecular complexity index is 776. The molecule has 1 aromatic carbocycles. The highest BCUT2D eigenvalue weighted by atomic mass is 16.5. The first-order valence-corrected chi connectivity index (χ1v) is 6.33. The van der Waals surface area contributed by atoms with Gasteiger partial charge in [-0.05, 0) is 18.6 Å². The topological polar surface area (TPSA) is 43.6 Å². The fraction of sp³-hybridized carbons (Fsp3) is 0.125. The number of fused-ring (bicyclic) bond motifs is 1. The van der Waals surface area contributed by atoms with E-state index in [0.29, 0.717) is 11.4 Å². The van der Waals surface area contributed by atoms with Crippen LogP contribution in [0.5, 0.6) is 0 Å². The number of hydrogen-bond acceptors (Lipinski definition) is 3. The average molecular weight is 266 g/mol. The van der Waals surface area contributed by atoms with Crippen LogP contribution in [0.3, 0.4) is 0 Å². The van der Waals surface area contributed by atoms with Gasteiger partial charge in [0, 0.05) is 11.8 Å². The first-order valence-electron chi connectivity index (χ1n) is 6.33. The molecular formula is C16H14N2O2. The van der Waals surface area contributed by atoms with E-state index in [0.717, 1.165) is 16.8 Å². The highest BCUT2D eigenvalue weighted by Crippen LogP contribution is 2.25. The minimum atomic E-state index is -0.387. The highest BCUT2D eigenvalue weighted by molar-refractivity contribution is 5.96. The molecule has 0 fully saturated rings. The molecule has 0 saturated heterocycles. The third-order valence-corrected chi connectivity index (χ3v) is 3.19. The third-order valence-electron chi connectivity index (χ3n) is 3.19. The fourth-order valence-electron chi connectivity index (χ4n) is 2.24. The summed E-state index contributed by atoms with van der Waals surface area (Å²) >= 11 is 0. The smallest absolute Gasteiger partial charge is 0.357 e. The monoisotopic (exact) mass is 266 g/mol. The van der Waals surface area contributed by atoms with Crippen LogP contribution in [-0.4, -0.2) is 22.5 Å². The summed E-state index contributed by atoms with van der Waals surface area (Å²) in [6.45, 7) is 1.97. The highest BCUT2D eigenvalue weighted by Gasteiger charge is 2.20. The summed E-state index contributed by atoms with van der Waals surface area (Å²) in [4.78, 5) is 16.7. The molecule has 3 aromatic rings. The summed E-state index contributed by atoms with van der Waals surface area (Å²) < 4.78 is 6.69. The fourth-order valence-corrected chi connectivity index (χ4v) is 2.24. The lowest BCUT2D eigenvalue weighted by Crippen LogP contribution is -2.07. The lowest BCUT2D eigenvalue weighted by atomic mass is 10.1. The van der Waals surface area contributed by atoms with Gasteiger partial charge in [0.1, 0.15) is 11.3 Å². The van der Waals surface area contributed by atoms with Crippen molar-refractivity contribution in [2.45, 2.75) is 6.92 Å². The maximum absolute atomic E-state index is 12.1. The summed E-state index contributed by atoms with van der Waals surface area (Å²) in [5.41, 5.74) is 3.78. The molecule has 0 atom stereocenters. The number of hydrogen-bond donors (Lipinski definition) is 0. The molecule has 3 rings (SSSR count). The van der Waals surface area contributed by atoms with Crippen LogP contribution in [0.1, 0.15) is 16.1 Å². The molecular weight excluding hydrogens is 252 g/mol. The van der Waals surface area contributed by atoms with Gasteiger partial charge >= 0.3 is 5.97 Å². The molecule has 0 aliphatic heterocycles. The van der Waals surface area contributed by atoms with E-state index in [2.05, 4.69) is 4.98 Å². The molecule has 2 heterocycles. The summed E-state index contributed by atoms with van der Waals surface area (Å²) in [7, 11) is 1.38. The van der Waals surface area contributed by atoms with Gasteiger partial charge in [-0.1, -0.05) is 36.4 Å². The van der Waals surface area contributed by atoms with E-state index in [1.54, 1.807) is 4.40 Å². The number of nitrogens with zero attached hydrogens (tertiary/aromatic N) is 2. The van der Waals surface area contributed by atoms with Crippen molar-refractivity contribution in [3.63, 3.8) is 0 Å². The molecule has 20 heavy (non-hydrogen) atoms. The zero-order valence-corrected chi connectivity index (χ0v) is 11.3. The van der Waals surface area contributed by atoms with Crippen molar-refractivity contribution in [2.75, 3.05) is 7.11 Å². The number of benzene rings is 1. The zero-order valence-electron chi connectivity index (χ0n) is 11.3. The second kappa shape index (κ2) is 4.81. The molecule has 4 nitrogen and oxygen atoms in total. The second-order valence-electron chi connectivity index (χ2n) is 4.60. The van der Waals surface area contributed by atoms with Crippen LogP contribution in [0.2, 0.25) is 0 Å². The van der Waals surface area contributed by atoms with Gasteiger partial charge < -0.3 is 4.74 Å². The van der Waals surface area contributed by atoms with Crippen LogP contribution >= 0.6 is 0 Å². The predicted molar refractivity (Wildman–Crippen MR) is 76.7 cm³/mol. The molecule has 4 heteroatoms. The maximum atomic E-state index is 12.1. The second-order valence-corrected chi connectivity index (χ2v) is 4.60. The van der Waals surface area contributed by atoms with Crippen LogP contribution in [0.4, 0.5) is 0 Å². The molecule has 0 spiro atoms. The van der Waals surface area contributed by atoms with Crippen LogP contribution in [0.25, 0.3) is 16.9 Å². The van der Waals surface area contributed by atoms with Crippen LogP contribution in [0, 0.1) is 6.92 Å². The first-order chi connectivity index (χ1) is 9.70. The standard InChI is InChI=1S/C16H14N2O2/c1-11-8-9-13-17-14(12-6-4-3-5-7-12)15(16(19)20-2)18(13)10-11/h3-10H,1-2H3. The molecule has 0 amide bonds. The van der Waals surface area contributed by atoms with Gasteiger partial charge in [-0.3, -0.25) is 4.40 Å². The Hall–Kier alpha value is -2.62. The number of carbonyl (C=O) groups excluding carboxylic acids is 1. The van der Waals surface area contributed by atoms with E-state index in [4.69, 9.17) is 4.74 Å². The van der Waals surface area contributed by atoms with Gasteiger partial charge in [-0.15, -0.1) is 0 Å². The normalized spacial score (nSPS) is 10.7. The molecule has 0 radical (unpaired) electrons. The van der Waals surface area contributed by atoms with Gasteiger partial charge in [0.15, 0.2) is 5.69 Å².